The van der Waals surface area contributed by atoms with E-state index in [1.54, 1.807) is 51.7 Å². The molecule has 0 spiro atoms. The number of phenolic OH excluding ortho intramolecular Hbond substituents is 1. The second-order valence-corrected chi connectivity index (χ2v) is 7.13. The molecule has 2 aromatic rings. The molecule has 1 heterocycles. The summed E-state index contributed by atoms with van der Waals surface area (Å²) in [5.41, 5.74) is 0.825. The topological polar surface area (TPSA) is 92.7 Å². The number of phenols is 1. The molecule has 1 N–H and O–H groups in total. The van der Waals surface area contributed by atoms with Crippen molar-refractivity contribution in [2.24, 2.45) is 0 Å². The van der Waals surface area contributed by atoms with Gasteiger partial charge in [-0.2, -0.15) is 0 Å². The number of esters is 1. The molecule has 0 radical (unpaired) electrons. The first-order valence-electron chi connectivity index (χ1n) is 9.87. The summed E-state index contributed by atoms with van der Waals surface area (Å²) >= 11 is 0. The summed E-state index contributed by atoms with van der Waals surface area (Å²) in [7, 11) is 6.23. The summed E-state index contributed by atoms with van der Waals surface area (Å²) in [6, 6.07) is 13.2. The molecule has 3 rings (SSSR count). The zero-order valence-corrected chi connectivity index (χ0v) is 18.0. The summed E-state index contributed by atoms with van der Waals surface area (Å²) in [5.74, 6) is -0.253. The maximum atomic E-state index is 12.4. The van der Waals surface area contributed by atoms with Crippen LogP contribution in [0.1, 0.15) is 22.0 Å². The highest BCUT2D eigenvalue weighted by atomic mass is 16.6. The zero-order valence-electron chi connectivity index (χ0n) is 18.0. The number of hydrogen-bond acceptors (Lipinski definition) is 8. The van der Waals surface area contributed by atoms with Crippen molar-refractivity contribution in [1.82, 2.24) is 0 Å². The molecule has 8 nitrogen and oxygen atoms in total. The van der Waals surface area contributed by atoms with Crippen molar-refractivity contribution in [3.63, 3.8) is 0 Å². The normalized spacial score (nSPS) is 25.9. The monoisotopic (exact) mass is 432 g/mol. The van der Waals surface area contributed by atoms with Crippen LogP contribution in [0.15, 0.2) is 48.5 Å². The molecule has 168 valence electrons. The van der Waals surface area contributed by atoms with E-state index in [2.05, 4.69) is 0 Å². The van der Waals surface area contributed by atoms with Gasteiger partial charge in [-0.15, -0.1) is 0 Å². The van der Waals surface area contributed by atoms with Crippen molar-refractivity contribution in [1.29, 1.82) is 0 Å². The Morgan fingerprint density at radius 3 is 2.23 bits per heavy atom. The van der Waals surface area contributed by atoms with Gasteiger partial charge >= 0.3 is 5.97 Å². The van der Waals surface area contributed by atoms with Crippen molar-refractivity contribution in [3.8, 4) is 11.5 Å². The lowest BCUT2D eigenvalue weighted by Crippen LogP contribution is -2.57. The van der Waals surface area contributed by atoms with Crippen molar-refractivity contribution in [3.05, 3.63) is 59.7 Å². The Balaban J connectivity index is 1.92. The highest BCUT2D eigenvalue weighted by molar-refractivity contribution is 5.91. The van der Waals surface area contributed by atoms with Gasteiger partial charge in [-0.3, -0.25) is 0 Å². The van der Waals surface area contributed by atoms with E-state index in [1.165, 1.54) is 19.2 Å². The molecule has 0 aromatic heterocycles. The summed E-state index contributed by atoms with van der Waals surface area (Å²) in [4.78, 5) is 12.4. The van der Waals surface area contributed by atoms with Crippen LogP contribution >= 0.6 is 0 Å². The third-order valence-electron chi connectivity index (χ3n) is 5.31. The molecule has 1 aliphatic rings. The van der Waals surface area contributed by atoms with Crippen molar-refractivity contribution in [2.75, 3.05) is 35.0 Å². The quantitative estimate of drug-likeness (QED) is 0.503. The molecule has 5 atom stereocenters. The first kappa shape index (κ1) is 23.2. The number of rotatable bonds is 8. The summed E-state index contributed by atoms with van der Waals surface area (Å²) < 4.78 is 33.9. The molecule has 8 heteroatoms. The maximum absolute atomic E-state index is 12.4. The molecule has 0 amide bonds. The zero-order chi connectivity index (χ0) is 22.4. The largest absolute Gasteiger partial charge is 0.508 e. The van der Waals surface area contributed by atoms with Crippen LogP contribution in [-0.4, -0.2) is 70.5 Å². The average molecular weight is 432 g/mol. The van der Waals surface area contributed by atoms with Crippen LogP contribution in [0.2, 0.25) is 0 Å². The third kappa shape index (κ3) is 5.06. The van der Waals surface area contributed by atoms with Gasteiger partial charge < -0.3 is 33.5 Å². The van der Waals surface area contributed by atoms with Gasteiger partial charge in [0.25, 0.3) is 0 Å². The molecule has 2 aromatic carbocycles. The first-order valence-corrected chi connectivity index (χ1v) is 9.87. The van der Waals surface area contributed by atoms with Gasteiger partial charge in [0.15, 0.2) is 0 Å². The molecule has 0 saturated carbocycles. The van der Waals surface area contributed by atoms with Crippen LogP contribution in [0.25, 0.3) is 0 Å². The number of ether oxygens (including phenoxy) is 6. The van der Waals surface area contributed by atoms with Gasteiger partial charge in [0.2, 0.25) is 0 Å². The smallest absolute Gasteiger partial charge is 0.343 e. The van der Waals surface area contributed by atoms with E-state index >= 15 is 0 Å². The molecule has 0 unspecified atom stereocenters. The van der Waals surface area contributed by atoms with Crippen molar-refractivity contribution < 1.29 is 38.3 Å². The second-order valence-electron chi connectivity index (χ2n) is 7.13. The van der Waals surface area contributed by atoms with E-state index in [4.69, 9.17) is 28.4 Å². The number of methoxy groups -OCH3 is 4. The van der Waals surface area contributed by atoms with Gasteiger partial charge in [-0.1, -0.05) is 18.2 Å². The highest BCUT2D eigenvalue weighted by Gasteiger charge is 2.48. The summed E-state index contributed by atoms with van der Waals surface area (Å²) in [5, 5.41) is 10.6. The number of carbonyl (C=O) groups excluding carboxylic acids is 1. The molecule has 1 fully saturated rings. The number of aromatic hydroxyl groups is 1. The van der Waals surface area contributed by atoms with Gasteiger partial charge in [0.05, 0.1) is 12.2 Å². The average Bonchev–Trinajstić information content (AvgIpc) is 2.80. The van der Waals surface area contributed by atoms with Crippen LogP contribution in [0.5, 0.6) is 11.5 Å². The SMILES string of the molecule is COC[C@H]1O[C@@H](c2cc(OC(=O)c3ccccc3)ccc2O)[C@H](OC)[C@@H](OC)[C@@H]1OC. The minimum absolute atomic E-state index is 0.0200. The Morgan fingerprint density at radius 1 is 0.935 bits per heavy atom. The maximum Gasteiger partial charge on any atom is 0.343 e. The van der Waals surface area contributed by atoms with Gasteiger partial charge in [0, 0.05) is 34.0 Å². The van der Waals surface area contributed by atoms with Crippen LogP contribution < -0.4 is 4.74 Å². The Bertz CT molecular complexity index is 856. The predicted octanol–water partition coefficient (Wildman–Crippen LogP) is 2.74. The van der Waals surface area contributed by atoms with E-state index in [1.807, 2.05) is 6.07 Å². The summed E-state index contributed by atoms with van der Waals surface area (Å²) in [6.07, 6.45) is -2.69. The van der Waals surface area contributed by atoms with Crippen molar-refractivity contribution in [2.45, 2.75) is 30.5 Å². The Kier molecular flexibility index (Phi) is 8.00. The lowest BCUT2D eigenvalue weighted by atomic mass is 9.90. The van der Waals surface area contributed by atoms with Gasteiger partial charge in [-0.05, 0) is 30.3 Å². The van der Waals surface area contributed by atoms with E-state index in [0.717, 1.165) is 0 Å². The van der Waals surface area contributed by atoms with Crippen LogP contribution in [-0.2, 0) is 23.7 Å². The molecule has 0 aliphatic carbocycles. The first-order chi connectivity index (χ1) is 15.0. The van der Waals surface area contributed by atoms with E-state index < -0.39 is 36.5 Å². The van der Waals surface area contributed by atoms with Gasteiger partial charge in [0.1, 0.15) is 42.0 Å². The second kappa shape index (κ2) is 10.7. The molecule has 0 bridgehead atoms. The minimum atomic E-state index is -0.711. The molecular weight excluding hydrogens is 404 g/mol. The number of carbonyl (C=O) groups is 1. The van der Waals surface area contributed by atoms with E-state index in [0.29, 0.717) is 11.1 Å². The lowest BCUT2D eigenvalue weighted by molar-refractivity contribution is -0.252. The van der Waals surface area contributed by atoms with Crippen LogP contribution in [0.3, 0.4) is 0 Å². The fourth-order valence-electron chi connectivity index (χ4n) is 3.84. The van der Waals surface area contributed by atoms with Gasteiger partial charge in [-0.25, -0.2) is 4.79 Å². The third-order valence-corrected chi connectivity index (χ3v) is 5.31. The fraction of sp³-hybridized carbons (Fsp3) is 0.435. The fourth-order valence-corrected chi connectivity index (χ4v) is 3.84. The number of hydrogen-bond donors (Lipinski definition) is 1. The number of benzene rings is 2. The summed E-state index contributed by atoms with van der Waals surface area (Å²) in [6.45, 7) is 0.259. The standard InChI is InChI=1S/C23H28O8/c1-26-13-18-20(27-2)22(29-4)21(28-3)19(31-18)16-12-15(10-11-17(16)24)30-23(25)14-8-6-5-7-9-14/h5-12,18-22,24H,13H2,1-4H3/t18-,19+,20-,21+,22+/m1/s1. The minimum Gasteiger partial charge on any atom is -0.508 e. The molecule has 31 heavy (non-hydrogen) atoms. The van der Waals surface area contributed by atoms with Crippen LogP contribution in [0, 0.1) is 0 Å². The highest BCUT2D eigenvalue weighted by Crippen LogP contribution is 2.41. The van der Waals surface area contributed by atoms with E-state index in [-0.39, 0.29) is 18.1 Å². The van der Waals surface area contributed by atoms with Crippen molar-refractivity contribution >= 4 is 5.97 Å². The predicted molar refractivity (Wildman–Crippen MR) is 111 cm³/mol. The molecular formula is C23H28O8. The van der Waals surface area contributed by atoms with E-state index in [9.17, 15) is 9.90 Å². The Hall–Kier alpha value is -2.49. The van der Waals surface area contributed by atoms with Crippen LogP contribution in [0.4, 0.5) is 0 Å². The lowest BCUT2D eigenvalue weighted by Gasteiger charge is -2.45. The molecule has 1 saturated heterocycles. The Morgan fingerprint density at radius 2 is 1.61 bits per heavy atom. The molecule has 1 aliphatic heterocycles. The Labute approximate surface area is 181 Å².